The van der Waals surface area contributed by atoms with Gasteiger partial charge in [-0.05, 0) is 23.9 Å². The molecule has 1 N–H and O–H groups in total. The normalized spacial score (nSPS) is 12.6. The monoisotopic (exact) mass is 285 g/mol. The van der Waals surface area contributed by atoms with Gasteiger partial charge in [-0.1, -0.05) is 30.3 Å². The molecule has 4 heteroatoms. The van der Waals surface area contributed by atoms with Gasteiger partial charge < -0.3 is 5.11 Å². The topological polar surface area (TPSA) is 33.1 Å². The minimum atomic E-state index is -1.40. The van der Waals surface area contributed by atoms with E-state index >= 15 is 0 Å². The van der Waals surface area contributed by atoms with E-state index in [1.807, 2.05) is 18.2 Å². The number of aryl methyl sites for hydroxylation is 1. The van der Waals surface area contributed by atoms with Crippen molar-refractivity contribution in [1.29, 1.82) is 0 Å². The third kappa shape index (κ3) is 2.28. The lowest BCUT2D eigenvalue weighted by atomic mass is 9.96. The summed E-state index contributed by atoms with van der Waals surface area (Å²) >= 11 is 0. The van der Waals surface area contributed by atoms with Crippen LogP contribution in [-0.2, 0) is 0 Å². The quantitative estimate of drug-likeness (QED) is 0.774. The van der Waals surface area contributed by atoms with E-state index in [-0.39, 0.29) is 5.56 Å². The minimum absolute atomic E-state index is 0.290. The van der Waals surface area contributed by atoms with Crippen LogP contribution >= 0.6 is 0 Å². The van der Waals surface area contributed by atoms with Gasteiger partial charge in [-0.25, -0.2) is 8.78 Å². The van der Waals surface area contributed by atoms with E-state index in [0.29, 0.717) is 11.1 Å². The Hall–Kier alpha value is -2.33. The second kappa shape index (κ2) is 5.22. The van der Waals surface area contributed by atoms with Crippen molar-refractivity contribution >= 4 is 10.8 Å². The number of fused-ring (bicyclic) bond motifs is 1. The molecule has 0 amide bonds. The Bertz CT molecular complexity index is 812. The summed E-state index contributed by atoms with van der Waals surface area (Å²) in [7, 11) is 0. The molecule has 0 spiro atoms. The van der Waals surface area contributed by atoms with E-state index in [1.54, 1.807) is 12.3 Å². The Morgan fingerprint density at radius 1 is 1.05 bits per heavy atom. The molecule has 0 saturated heterocycles. The fourth-order valence-electron chi connectivity index (χ4n) is 2.44. The lowest BCUT2D eigenvalue weighted by Gasteiger charge is -2.16. The van der Waals surface area contributed by atoms with Crippen molar-refractivity contribution in [3.63, 3.8) is 0 Å². The first kappa shape index (κ1) is 13.6. The summed E-state index contributed by atoms with van der Waals surface area (Å²) in [5.74, 6) is -1.49. The summed E-state index contributed by atoms with van der Waals surface area (Å²) in [5.41, 5.74) is 0.336. The zero-order valence-corrected chi connectivity index (χ0v) is 11.3. The van der Waals surface area contributed by atoms with E-state index < -0.39 is 17.7 Å². The van der Waals surface area contributed by atoms with Crippen molar-refractivity contribution in [1.82, 2.24) is 4.98 Å². The van der Waals surface area contributed by atoms with Crippen LogP contribution in [0.3, 0.4) is 0 Å². The number of rotatable bonds is 2. The van der Waals surface area contributed by atoms with Crippen LogP contribution in [0, 0.1) is 18.6 Å². The molecule has 0 fully saturated rings. The van der Waals surface area contributed by atoms with Crippen LogP contribution in [0.5, 0.6) is 0 Å². The molecule has 0 bridgehead atoms. The lowest BCUT2D eigenvalue weighted by Crippen LogP contribution is -2.08. The molecule has 0 saturated carbocycles. The third-order valence-corrected chi connectivity index (χ3v) is 3.59. The predicted octanol–water partition coefficient (Wildman–Crippen LogP) is 3.90. The van der Waals surface area contributed by atoms with Crippen LogP contribution in [0.25, 0.3) is 10.8 Å². The number of nitrogens with zero attached hydrogens (tertiary/aromatic N) is 1. The van der Waals surface area contributed by atoms with Crippen LogP contribution in [0.1, 0.15) is 22.8 Å². The van der Waals surface area contributed by atoms with E-state index in [4.69, 9.17) is 0 Å². The largest absolute Gasteiger partial charge is 0.383 e. The highest BCUT2D eigenvalue weighted by atomic mass is 19.1. The third-order valence-electron chi connectivity index (χ3n) is 3.59. The molecule has 0 aliphatic carbocycles. The van der Waals surface area contributed by atoms with Crippen molar-refractivity contribution in [2.45, 2.75) is 13.0 Å². The van der Waals surface area contributed by atoms with Gasteiger partial charge in [-0.3, -0.25) is 4.98 Å². The van der Waals surface area contributed by atoms with Crippen molar-refractivity contribution in [2.75, 3.05) is 0 Å². The predicted molar refractivity (Wildman–Crippen MR) is 76.9 cm³/mol. The molecule has 1 heterocycles. The van der Waals surface area contributed by atoms with Gasteiger partial charge in [0.2, 0.25) is 0 Å². The number of halogens is 2. The standard InChI is InChI=1S/C17H13F2NO/c1-10-6-7-14(18)15(16(10)19)17(21)13-9-20-8-11-4-2-3-5-12(11)13/h2-9,17,21H,1H3. The Balaban J connectivity index is 2.22. The molecule has 1 atom stereocenters. The van der Waals surface area contributed by atoms with E-state index in [0.717, 1.165) is 16.8 Å². The summed E-state index contributed by atoms with van der Waals surface area (Å²) in [6.07, 6.45) is 1.69. The van der Waals surface area contributed by atoms with Crippen molar-refractivity contribution < 1.29 is 13.9 Å². The first-order valence-corrected chi connectivity index (χ1v) is 6.55. The Morgan fingerprint density at radius 2 is 1.81 bits per heavy atom. The maximum atomic E-state index is 14.2. The van der Waals surface area contributed by atoms with E-state index in [9.17, 15) is 13.9 Å². The molecule has 2 nitrogen and oxygen atoms in total. The van der Waals surface area contributed by atoms with E-state index in [1.165, 1.54) is 19.2 Å². The van der Waals surface area contributed by atoms with Gasteiger partial charge >= 0.3 is 0 Å². The highest BCUT2D eigenvalue weighted by Gasteiger charge is 2.22. The molecule has 2 aromatic carbocycles. The van der Waals surface area contributed by atoms with Gasteiger partial charge in [0.15, 0.2) is 0 Å². The Morgan fingerprint density at radius 3 is 2.62 bits per heavy atom. The SMILES string of the molecule is Cc1ccc(F)c(C(O)c2cncc3ccccc23)c1F. The first-order chi connectivity index (χ1) is 10.1. The zero-order valence-electron chi connectivity index (χ0n) is 11.3. The average molecular weight is 285 g/mol. The van der Waals surface area contributed by atoms with Gasteiger partial charge in [0.1, 0.15) is 17.7 Å². The number of aliphatic hydroxyl groups is 1. The number of benzene rings is 2. The molecule has 1 unspecified atom stereocenters. The van der Waals surface area contributed by atoms with Crippen molar-refractivity contribution in [3.05, 3.63) is 77.1 Å². The number of pyridine rings is 1. The number of aromatic nitrogens is 1. The first-order valence-electron chi connectivity index (χ1n) is 6.55. The fourth-order valence-corrected chi connectivity index (χ4v) is 2.44. The molecule has 21 heavy (non-hydrogen) atoms. The molecule has 3 rings (SSSR count). The van der Waals surface area contributed by atoms with Crippen LogP contribution in [0.4, 0.5) is 8.78 Å². The van der Waals surface area contributed by atoms with Crippen LogP contribution < -0.4 is 0 Å². The Kier molecular flexibility index (Phi) is 3.39. The van der Waals surface area contributed by atoms with Crippen LogP contribution in [0.15, 0.2) is 48.8 Å². The van der Waals surface area contributed by atoms with Gasteiger partial charge in [0, 0.05) is 23.3 Å². The minimum Gasteiger partial charge on any atom is -0.383 e. The Labute approximate surface area is 120 Å². The molecule has 0 aliphatic rings. The summed E-state index contributed by atoms with van der Waals surface area (Å²) in [4.78, 5) is 4.04. The molecule has 1 aromatic heterocycles. The van der Waals surface area contributed by atoms with Crippen LogP contribution in [-0.4, -0.2) is 10.1 Å². The fraction of sp³-hybridized carbons (Fsp3) is 0.118. The zero-order chi connectivity index (χ0) is 15.0. The van der Waals surface area contributed by atoms with E-state index in [2.05, 4.69) is 4.98 Å². The summed E-state index contributed by atoms with van der Waals surface area (Å²) < 4.78 is 28.1. The van der Waals surface area contributed by atoms with Gasteiger partial charge in [-0.2, -0.15) is 0 Å². The molecule has 0 radical (unpaired) electrons. The second-order valence-corrected chi connectivity index (χ2v) is 4.94. The van der Waals surface area contributed by atoms with Gasteiger partial charge in [-0.15, -0.1) is 0 Å². The number of hydrogen-bond acceptors (Lipinski definition) is 2. The summed E-state index contributed by atoms with van der Waals surface area (Å²) in [6, 6.07) is 9.79. The second-order valence-electron chi connectivity index (χ2n) is 4.94. The molecular weight excluding hydrogens is 272 g/mol. The maximum Gasteiger partial charge on any atom is 0.135 e. The smallest absolute Gasteiger partial charge is 0.135 e. The highest BCUT2D eigenvalue weighted by Crippen LogP contribution is 2.31. The maximum absolute atomic E-state index is 14.2. The number of aliphatic hydroxyl groups excluding tert-OH is 1. The molecular formula is C17H13F2NO. The van der Waals surface area contributed by atoms with Gasteiger partial charge in [0.25, 0.3) is 0 Å². The van der Waals surface area contributed by atoms with Crippen molar-refractivity contribution in [3.8, 4) is 0 Å². The number of hydrogen-bond donors (Lipinski definition) is 1. The summed E-state index contributed by atoms with van der Waals surface area (Å²) in [5, 5.41) is 12.0. The van der Waals surface area contributed by atoms with Crippen LogP contribution in [0.2, 0.25) is 0 Å². The molecule has 3 aromatic rings. The molecule has 106 valence electrons. The molecule has 0 aliphatic heterocycles. The van der Waals surface area contributed by atoms with Crippen molar-refractivity contribution in [2.24, 2.45) is 0 Å². The summed E-state index contributed by atoms with van der Waals surface area (Å²) in [6.45, 7) is 1.53. The highest BCUT2D eigenvalue weighted by molar-refractivity contribution is 5.85. The lowest BCUT2D eigenvalue weighted by molar-refractivity contribution is 0.210. The average Bonchev–Trinajstić information content (AvgIpc) is 2.50. The van der Waals surface area contributed by atoms with Gasteiger partial charge in [0.05, 0.1) is 5.56 Å².